The van der Waals surface area contributed by atoms with Crippen LogP contribution in [0.3, 0.4) is 0 Å². The Morgan fingerprint density at radius 3 is 1.33 bits per heavy atom. The van der Waals surface area contributed by atoms with Gasteiger partial charge in [0, 0.05) is 12.8 Å². The molecular formula is C30H55NO2. The summed E-state index contributed by atoms with van der Waals surface area (Å²) in [6.45, 7) is 6.35. The summed E-state index contributed by atoms with van der Waals surface area (Å²) in [6, 6.07) is -0.0108. The molecule has 0 bridgehead atoms. The van der Waals surface area contributed by atoms with E-state index in [-0.39, 0.29) is 17.9 Å². The normalized spacial score (nSPS) is 15.6. The molecule has 0 aliphatic carbocycles. The van der Waals surface area contributed by atoms with Crippen molar-refractivity contribution in [2.45, 2.75) is 168 Å². The maximum atomic E-state index is 12.1. The molecule has 1 unspecified atom stereocenters. The number of rotatable bonds is 22. The van der Waals surface area contributed by atoms with Crippen LogP contribution in [0.5, 0.6) is 0 Å². The Labute approximate surface area is 206 Å². The molecule has 0 saturated carbocycles. The second-order valence-electron chi connectivity index (χ2n) is 10.4. The molecule has 3 heteroatoms. The maximum absolute atomic E-state index is 12.1. The second-order valence-corrected chi connectivity index (χ2v) is 10.4. The highest BCUT2D eigenvalue weighted by atomic mass is 16.2. The van der Waals surface area contributed by atoms with E-state index in [0.29, 0.717) is 12.8 Å². The van der Waals surface area contributed by atoms with Crippen LogP contribution < -0.4 is 0 Å². The average Bonchev–Trinajstić information content (AvgIpc) is 3.15. The SMILES string of the molecule is C/C=C(\C)C(CCCCCCCCCCCCCCCCCCCCC)N1C(=O)CCC1=O. The zero-order valence-corrected chi connectivity index (χ0v) is 22.5. The van der Waals surface area contributed by atoms with E-state index in [9.17, 15) is 9.59 Å². The van der Waals surface area contributed by atoms with E-state index in [4.69, 9.17) is 0 Å². The summed E-state index contributed by atoms with van der Waals surface area (Å²) in [5.74, 6) is 0.0352. The summed E-state index contributed by atoms with van der Waals surface area (Å²) in [7, 11) is 0. The molecule has 1 atom stereocenters. The Balaban J connectivity index is 1.91. The van der Waals surface area contributed by atoms with Crippen LogP contribution in [0, 0.1) is 0 Å². The molecule has 0 aromatic rings. The molecule has 0 N–H and O–H groups in total. The van der Waals surface area contributed by atoms with Crippen LogP contribution in [0.2, 0.25) is 0 Å². The van der Waals surface area contributed by atoms with Gasteiger partial charge in [-0.15, -0.1) is 0 Å². The van der Waals surface area contributed by atoms with E-state index < -0.39 is 0 Å². The minimum atomic E-state index is -0.0108. The summed E-state index contributed by atoms with van der Waals surface area (Å²) in [5.41, 5.74) is 1.15. The van der Waals surface area contributed by atoms with Crippen LogP contribution in [-0.4, -0.2) is 22.8 Å². The third-order valence-electron chi connectivity index (χ3n) is 7.46. The molecule has 1 aliphatic rings. The summed E-state index contributed by atoms with van der Waals surface area (Å²) in [6.07, 6.45) is 30.0. The third-order valence-corrected chi connectivity index (χ3v) is 7.46. The minimum absolute atomic E-state index is 0.0108. The summed E-state index contributed by atoms with van der Waals surface area (Å²) in [4.78, 5) is 25.8. The first-order valence-corrected chi connectivity index (χ1v) is 14.6. The average molecular weight is 462 g/mol. The molecule has 0 radical (unpaired) electrons. The van der Waals surface area contributed by atoms with Gasteiger partial charge in [-0.1, -0.05) is 141 Å². The van der Waals surface area contributed by atoms with Crippen LogP contribution in [0.4, 0.5) is 0 Å². The number of allylic oxidation sites excluding steroid dienone is 1. The number of nitrogens with zero attached hydrogens (tertiary/aromatic N) is 1. The fourth-order valence-corrected chi connectivity index (χ4v) is 5.11. The smallest absolute Gasteiger partial charge is 0.230 e. The van der Waals surface area contributed by atoms with Crippen molar-refractivity contribution in [2.75, 3.05) is 0 Å². The highest BCUT2D eigenvalue weighted by molar-refractivity contribution is 6.02. The number of hydrogen-bond donors (Lipinski definition) is 0. The van der Waals surface area contributed by atoms with Gasteiger partial charge < -0.3 is 0 Å². The molecule has 0 spiro atoms. The van der Waals surface area contributed by atoms with Crippen molar-refractivity contribution < 1.29 is 9.59 Å². The number of carbonyl (C=O) groups excluding carboxylic acids is 2. The van der Waals surface area contributed by atoms with Gasteiger partial charge in [-0.25, -0.2) is 0 Å². The molecule has 1 saturated heterocycles. The molecule has 192 valence electrons. The van der Waals surface area contributed by atoms with Crippen LogP contribution in [0.15, 0.2) is 11.6 Å². The zero-order chi connectivity index (χ0) is 24.2. The fourth-order valence-electron chi connectivity index (χ4n) is 5.11. The van der Waals surface area contributed by atoms with Crippen molar-refractivity contribution in [3.63, 3.8) is 0 Å². The van der Waals surface area contributed by atoms with Gasteiger partial charge in [0.2, 0.25) is 11.8 Å². The van der Waals surface area contributed by atoms with Crippen molar-refractivity contribution in [3.05, 3.63) is 11.6 Å². The monoisotopic (exact) mass is 461 g/mol. The first kappa shape index (κ1) is 29.9. The van der Waals surface area contributed by atoms with E-state index in [2.05, 4.69) is 19.9 Å². The molecule has 0 aromatic carbocycles. The lowest BCUT2D eigenvalue weighted by molar-refractivity contribution is -0.140. The van der Waals surface area contributed by atoms with Gasteiger partial charge >= 0.3 is 0 Å². The lowest BCUT2D eigenvalue weighted by Gasteiger charge is -2.27. The maximum Gasteiger partial charge on any atom is 0.230 e. The van der Waals surface area contributed by atoms with Gasteiger partial charge in [-0.3, -0.25) is 14.5 Å². The molecule has 2 amide bonds. The quantitative estimate of drug-likeness (QED) is 0.0914. The first-order valence-electron chi connectivity index (χ1n) is 14.6. The van der Waals surface area contributed by atoms with Crippen molar-refractivity contribution in [1.29, 1.82) is 0 Å². The van der Waals surface area contributed by atoms with Crippen LogP contribution in [0.25, 0.3) is 0 Å². The lowest BCUT2D eigenvalue weighted by Crippen LogP contribution is -2.40. The van der Waals surface area contributed by atoms with Crippen molar-refractivity contribution in [3.8, 4) is 0 Å². The van der Waals surface area contributed by atoms with Crippen LogP contribution in [-0.2, 0) is 9.59 Å². The molecule has 1 rings (SSSR count). The van der Waals surface area contributed by atoms with Gasteiger partial charge in [-0.2, -0.15) is 0 Å². The van der Waals surface area contributed by atoms with Crippen LogP contribution in [0.1, 0.15) is 162 Å². The molecule has 1 aliphatic heterocycles. The highest BCUT2D eigenvalue weighted by Crippen LogP contribution is 2.24. The molecule has 1 heterocycles. The van der Waals surface area contributed by atoms with Gasteiger partial charge in [0.05, 0.1) is 6.04 Å². The number of likely N-dealkylation sites (tertiary alicyclic amines) is 1. The Morgan fingerprint density at radius 1 is 0.667 bits per heavy atom. The standard InChI is InChI=1S/C30H55NO2/c1-4-6-7-8-9-10-11-12-13-14-15-16-17-18-19-20-21-22-23-24-28(27(3)5-2)31-29(32)25-26-30(31)33/h5,28H,4,6-26H2,1-3H3/b27-5+. The predicted octanol–water partition coefficient (Wildman–Crippen LogP) is 9.29. The third kappa shape index (κ3) is 14.0. The fraction of sp³-hybridized carbons (Fsp3) is 0.867. The van der Waals surface area contributed by atoms with Crippen molar-refractivity contribution in [1.82, 2.24) is 4.90 Å². The van der Waals surface area contributed by atoms with E-state index in [0.717, 1.165) is 18.4 Å². The molecule has 1 fully saturated rings. The van der Waals surface area contributed by atoms with E-state index >= 15 is 0 Å². The van der Waals surface area contributed by atoms with E-state index in [1.807, 2.05) is 6.92 Å². The molecule has 3 nitrogen and oxygen atoms in total. The molecule has 0 aromatic heterocycles. The first-order chi connectivity index (χ1) is 16.1. The number of carbonyl (C=O) groups is 2. The number of amides is 2. The van der Waals surface area contributed by atoms with E-state index in [1.54, 1.807) is 4.90 Å². The molecular weight excluding hydrogens is 406 g/mol. The number of unbranched alkanes of at least 4 members (excludes halogenated alkanes) is 18. The minimum Gasteiger partial charge on any atom is -0.275 e. The van der Waals surface area contributed by atoms with Gasteiger partial charge in [0.1, 0.15) is 0 Å². The van der Waals surface area contributed by atoms with Crippen LogP contribution >= 0.6 is 0 Å². The topological polar surface area (TPSA) is 37.4 Å². The van der Waals surface area contributed by atoms with Crippen molar-refractivity contribution >= 4 is 11.8 Å². The Morgan fingerprint density at radius 2 is 1.00 bits per heavy atom. The second kappa shape index (κ2) is 20.3. The predicted molar refractivity (Wildman–Crippen MR) is 142 cm³/mol. The highest BCUT2D eigenvalue weighted by Gasteiger charge is 2.35. The zero-order valence-electron chi connectivity index (χ0n) is 22.5. The lowest BCUT2D eigenvalue weighted by atomic mass is 9.98. The number of imide groups is 1. The Kier molecular flexibility index (Phi) is 18.4. The van der Waals surface area contributed by atoms with Gasteiger partial charge in [0.25, 0.3) is 0 Å². The summed E-state index contributed by atoms with van der Waals surface area (Å²) in [5, 5.41) is 0. The largest absolute Gasteiger partial charge is 0.275 e. The van der Waals surface area contributed by atoms with Gasteiger partial charge in [-0.05, 0) is 20.3 Å². The Hall–Kier alpha value is -1.12. The van der Waals surface area contributed by atoms with Gasteiger partial charge in [0.15, 0.2) is 0 Å². The summed E-state index contributed by atoms with van der Waals surface area (Å²) < 4.78 is 0. The summed E-state index contributed by atoms with van der Waals surface area (Å²) >= 11 is 0. The number of hydrogen-bond acceptors (Lipinski definition) is 2. The Bertz CT molecular complexity index is 523. The van der Waals surface area contributed by atoms with E-state index in [1.165, 1.54) is 116 Å². The van der Waals surface area contributed by atoms with Crippen molar-refractivity contribution in [2.24, 2.45) is 0 Å². The molecule has 33 heavy (non-hydrogen) atoms.